The van der Waals surface area contributed by atoms with Crippen LogP contribution in [0.25, 0.3) is 0 Å². The number of hydrogen-bond acceptors (Lipinski definition) is 3. The maximum atomic E-state index is 10.8. The molecule has 0 atom stereocenters. The monoisotopic (exact) mass is 141 g/mol. The molecule has 3 N–H and O–H groups in total. The van der Waals surface area contributed by atoms with Gasteiger partial charge in [0.25, 0.3) is 0 Å². The first kappa shape index (κ1) is 7.05. The van der Waals surface area contributed by atoms with Gasteiger partial charge in [0.15, 0.2) is 0 Å². The van der Waals surface area contributed by atoms with Gasteiger partial charge in [0.05, 0.1) is 0 Å². The van der Waals surface area contributed by atoms with Crippen LogP contribution in [0.3, 0.4) is 0 Å². The van der Waals surface area contributed by atoms with Crippen molar-refractivity contribution < 1.29 is 4.79 Å². The fourth-order valence-electron chi connectivity index (χ4n) is 0.805. The van der Waals surface area contributed by atoms with Crippen LogP contribution < -0.4 is 11.2 Å². The van der Waals surface area contributed by atoms with Crippen LogP contribution in [0, 0.1) is 5.41 Å². The van der Waals surface area contributed by atoms with Gasteiger partial charge in [0, 0.05) is 11.8 Å². The Bertz CT molecular complexity index is 195. The normalized spacial score (nSPS) is 23.4. The third-order valence-electron chi connectivity index (χ3n) is 1.60. The summed E-state index contributed by atoms with van der Waals surface area (Å²) in [6, 6.07) is 0. The second-order valence-electron chi connectivity index (χ2n) is 3.09. The number of carbonyl (C=O) groups is 1. The molecule has 10 heavy (non-hydrogen) atoms. The number of hydrogen-bond donors (Lipinski definition) is 2. The SMILES string of the molecule is CC1(C)CC(=O)NN=C1N. The molecule has 1 rings (SSSR count). The molecular weight excluding hydrogens is 130 g/mol. The summed E-state index contributed by atoms with van der Waals surface area (Å²) >= 11 is 0. The fraction of sp³-hybridized carbons (Fsp3) is 0.667. The number of carbonyl (C=O) groups excluding carboxylic acids is 1. The summed E-state index contributed by atoms with van der Waals surface area (Å²) in [5.41, 5.74) is 7.55. The molecule has 0 fully saturated rings. The highest BCUT2D eigenvalue weighted by Gasteiger charge is 2.29. The summed E-state index contributed by atoms with van der Waals surface area (Å²) < 4.78 is 0. The predicted octanol–water partition coefficient (Wildman–Crippen LogP) is -0.195. The lowest BCUT2D eigenvalue weighted by Gasteiger charge is -2.26. The molecule has 0 aromatic carbocycles. The Morgan fingerprint density at radius 1 is 1.70 bits per heavy atom. The summed E-state index contributed by atoms with van der Waals surface area (Å²) in [5.74, 6) is 0.423. The van der Waals surface area contributed by atoms with Gasteiger partial charge in [-0.15, -0.1) is 0 Å². The van der Waals surface area contributed by atoms with Crippen LogP contribution >= 0.6 is 0 Å². The Morgan fingerprint density at radius 2 is 2.30 bits per heavy atom. The van der Waals surface area contributed by atoms with Crippen LogP contribution in [-0.4, -0.2) is 11.7 Å². The van der Waals surface area contributed by atoms with Crippen molar-refractivity contribution in [2.45, 2.75) is 20.3 Å². The highest BCUT2D eigenvalue weighted by atomic mass is 16.2. The topological polar surface area (TPSA) is 67.5 Å². The molecule has 56 valence electrons. The quantitative estimate of drug-likeness (QED) is 0.490. The first-order valence-electron chi connectivity index (χ1n) is 3.15. The van der Waals surface area contributed by atoms with Crippen LogP contribution in [0.5, 0.6) is 0 Å². The molecule has 0 radical (unpaired) electrons. The number of amides is 1. The molecule has 0 bridgehead atoms. The largest absolute Gasteiger partial charge is 0.385 e. The van der Waals surface area contributed by atoms with Gasteiger partial charge in [-0.1, -0.05) is 13.8 Å². The zero-order valence-corrected chi connectivity index (χ0v) is 6.14. The second-order valence-corrected chi connectivity index (χ2v) is 3.09. The summed E-state index contributed by atoms with van der Waals surface area (Å²) in [5, 5.41) is 3.66. The van der Waals surface area contributed by atoms with Gasteiger partial charge in [0.1, 0.15) is 5.84 Å². The third kappa shape index (κ3) is 1.10. The minimum atomic E-state index is -0.275. The van der Waals surface area contributed by atoms with Gasteiger partial charge in [-0.2, -0.15) is 5.10 Å². The van der Waals surface area contributed by atoms with Crippen molar-refractivity contribution in [3.63, 3.8) is 0 Å². The zero-order chi connectivity index (χ0) is 7.78. The van der Waals surface area contributed by atoms with E-state index < -0.39 is 0 Å². The van der Waals surface area contributed by atoms with Gasteiger partial charge in [-0.05, 0) is 0 Å². The van der Waals surface area contributed by atoms with Gasteiger partial charge in [-0.25, -0.2) is 5.43 Å². The van der Waals surface area contributed by atoms with Crippen LogP contribution in [0.1, 0.15) is 20.3 Å². The number of amidine groups is 1. The summed E-state index contributed by atoms with van der Waals surface area (Å²) in [6.45, 7) is 3.79. The van der Waals surface area contributed by atoms with Crippen molar-refractivity contribution in [1.82, 2.24) is 5.43 Å². The Balaban J connectivity index is 2.86. The minimum absolute atomic E-state index is 0.0702. The molecule has 0 unspecified atom stereocenters. The first-order chi connectivity index (χ1) is 4.52. The highest BCUT2D eigenvalue weighted by molar-refractivity contribution is 5.94. The van der Waals surface area contributed by atoms with Crippen molar-refractivity contribution in [3.05, 3.63) is 0 Å². The van der Waals surface area contributed by atoms with E-state index in [0.29, 0.717) is 12.3 Å². The van der Waals surface area contributed by atoms with E-state index in [1.807, 2.05) is 13.8 Å². The fourth-order valence-corrected chi connectivity index (χ4v) is 0.805. The molecule has 0 saturated carbocycles. The second kappa shape index (κ2) is 1.97. The molecule has 0 aromatic rings. The molecule has 1 heterocycles. The zero-order valence-electron chi connectivity index (χ0n) is 6.14. The lowest BCUT2D eigenvalue weighted by atomic mass is 9.87. The Kier molecular flexibility index (Phi) is 1.39. The molecule has 4 nitrogen and oxygen atoms in total. The van der Waals surface area contributed by atoms with Gasteiger partial charge >= 0.3 is 0 Å². The molecule has 1 aliphatic rings. The molecule has 4 heteroatoms. The summed E-state index contributed by atoms with van der Waals surface area (Å²) in [7, 11) is 0. The van der Waals surface area contributed by atoms with E-state index in [0.717, 1.165) is 0 Å². The number of nitrogens with zero attached hydrogens (tertiary/aromatic N) is 1. The van der Waals surface area contributed by atoms with E-state index in [9.17, 15) is 4.79 Å². The van der Waals surface area contributed by atoms with Crippen LogP contribution in [0.15, 0.2) is 5.10 Å². The van der Waals surface area contributed by atoms with Crippen molar-refractivity contribution >= 4 is 11.7 Å². The van der Waals surface area contributed by atoms with E-state index in [1.54, 1.807) is 0 Å². The number of rotatable bonds is 0. The maximum Gasteiger partial charge on any atom is 0.241 e. The van der Waals surface area contributed by atoms with Crippen molar-refractivity contribution in [3.8, 4) is 0 Å². The lowest BCUT2D eigenvalue weighted by molar-refractivity contribution is -0.122. The average molecular weight is 141 g/mol. The van der Waals surface area contributed by atoms with E-state index >= 15 is 0 Å². The number of hydrazone groups is 1. The summed E-state index contributed by atoms with van der Waals surface area (Å²) in [6.07, 6.45) is 0.419. The number of nitrogens with two attached hydrogens (primary N) is 1. The average Bonchev–Trinajstić information content (AvgIpc) is 1.78. The van der Waals surface area contributed by atoms with E-state index in [1.165, 1.54) is 0 Å². The lowest BCUT2D eigenvalue weighted by Crippen LogP contribution is -2.42. The molecular formula is C6H11N3O. The maximum absolute atomic E-state index is 10.8. The van der Waals surface area contributed by atoms with E-state index in [-0.39, 0.29) is 11.3 Å². The van der Waals surface area contributed by atoms with Gasteiger partial charge in [-0.3, -0.25) is 4.79 Å². The first-order valence-corrected chi connectivity index (χ1v) is 3.15. The third-order valence-corrected chi connectivity index (χ3v) is 1.60. The van der Waals surface area contributed by atoms with Crippen molar-refractivity contribution in [2.75, 3.05) is 0 Å². The smallest absolute Gasteiger partial charge is 0.241 e. The standard InChI is InChI=1S/C6H11N3O/c1-6(2)3-4(10)8-9-5(6)7/h3H2,1-2H3,(H2,7,9)(H,8,10). The Hall–Kier alpha value is -1.06. The molecule has 0 aromatic heterocycles. The van der Waals surface area contributed by atoms with Crippen LogP contribution in [0.4, 0.5) is 0 Å². The molecule has 0 aliphatic carbocycles. The van der Waals surface area contributed by atoms with Gasteiger partial charge < -0.3 is 5.73 Å². The van der Waals surface area contributed by atoms with Crippen LogP contribution in [-0.2, 0) is 4.79 Å². The Labute approximate surface area is 59.5 Å². The van der Waals surface area contributed by atoms with E-state index in [2.05, 4.69) is 10.5 Å². The molecule has 0 saturated heterocycles. The molecule has 0 spiro atoms. The molecule has 1 amide bonds. The number of nitrogens with one attached hydrogen (secondary N) is 1. The van der Waals surface area contributed by atoms with Crippen molar-refractivity contribution in [1.29, 1.82) is 0 Å². The van der Waals surface area contributed by atoms with Crippen LogP contribution in [0.2, 0.25) is 0 Å². The minimum Gasteiger partial charge on any atom is -0.385 e. The highest BCUT2D eigenvalue weighted by Crippen LogP contribution is 2.22. The van der Waals surface area contributed by atoms with E-state index in [4.69, 9.17) is 5.73 Å². The predicted molar refractivity (Wildman–Crippen MR) is 38.2 cm³/mol. The van der Waals surface area contributed by atoms with Crippen molar-refractivity contribution in [2.24, 2.45) is 16.3 Å². The Morgan fingerprint density at radius 3 is 2.70 bits per heavy atom. The van der Waals surface area contributed by atoms with Gasteiger partial charge in [0.2, 0.25) is 5.91 Å². The molecule has 1 aliphatic heterocycles. The summed E-state index contributed by atoms with van der Waals surface area (Å²) in [4.78, 5) is 10.8.